The minimum atomic E-state index is -4.38. The Morgan fingerprint density at radius 2 is 1.83 bits per heavy atom. The monoisotopic (exact) mass is 368 g/mol. The fraction of sp³-hybridized carbons (Fsp3) is 0.462. The smallest absolute Gasteiger partial charge is 0.408 e. The zero-order valence-electron chi connectivity index (χ0n) is 12.1. The van der Waals surface area contributed by atoms with Crippen molar-refractivity contribution in [2.24, 2.45) is 5.92 Å². The van der Waals surface area contributed by atoms with Gasteiger partial charge < -0.3 is 4.42 Å². The van der Waals surface area contributed by atoms with Gasteiger partial charge in [0.25, 0.3) is 0 Å². The van der Waals surface area contributed by atoms with Crippen LogP contribution in [0.3, 0.4) is 0 Å². The van der Waals surface area contributed by atoms with Gasteiger partial charge in [0.1, 0.15) is 10.7 Å². The molecule has 1 aromatic heterocycles. The lowest BCUT2D eigenvalue weighted by molar-refractivity contribution is -0.182. The van der Waals surface area contributed by atoms with Gasteiger partial charge in [0, 0.05) is 25.2 Å². The Morgan fingerprint density at radius 1 is 1.21 bits per heavy atom. The molecule has 1 N–H and O–H groups in total. The molecule has 132 valence electrons. The van der Waals surface area contributed by atoms with E-state index < -0.39 is 38.6 Å². The zero-order chi connectivity index (χ0) is 17.7. The number of rotatable bonds is 2. The molecule has 1 fully saturated rings. The number of aromatic amines is 1. The summed E-state index contributed by atoms with van der Waals surface area (Å²) < 4.78 is 82.5. The maximum absolute atomic E-state index is 14.1. The molecule has 0 unspecified atom stereocenters. The van der Waals surface area contributed by atoms with Crippen LogP contribution in [0.15, 0.2) is 26.2 Å². The highest BCUT2D eigenvalue weighted by Crippen LogP contribution is 2.36. The highest BCUT2D eigenvalue weighted by Gasteiger charge is 2.43. The number of alkyl halides is 3. The molecule has 2 aromatic rings. The number of oxazole rings is 1. The van der Waals surface area contributed by atoms with Gasteiger partial charge in [0.15, 0.2) is 5.58 Å². The number of benzene rings is 1. The third-order valence-electron chi connectivity index (χ3n) is 4.01. The molecule has 24 heavy (non-hydrogen) atoms. The van der Waals surface area contributed by atoms with E-state index in [1.54, 1.807) is 0 Å². The van der Waals surface area contributed by atoms with Crippen molar-refractivity contribution in [1.29, 1.82) is 0 Å². The predicted molar refractivity (Wildman–Crippen MR) is 74.3 cm³/mol. The van der Waals surface area contributed by atoms with Crippen LogP contribution in [0.5, 0.6) is 0 Å². The Labute approximate surface area is 133 Å². The van der Waals surface area contributed by atoms with Gasteiger partial charge >= 0.3 is 11.9 Å². The number of nitrogens with one attached hydrogen (secondary N) is 1. The van der Waals surface area contributed by atoms with Gasteiger partial charge in [-0.25, -0.2) is 17.6 Å². The number of sulfonamides is 1. The second-order valence-corrected chi connectivity index (χ2v) is 7.42. The van der Waals surface area contributed by atoms with Crippen LogP contribution in [-0.4, -0.2) is 37.0 Å². The van der Waals surface area contributed by atoms with Crippen molar-refractivity contribution in [1.82, 2.24) is 9.29 Å². The topological polar surface area (TPSA) is 83.4 Å². The van der Waals surface area contributed by atoms with Crippen LogP contribution in [0, 0.1) is 11.7 Å². The number of aromatic nitrogens is 1. The van der Waals surface area contributed by atoms with Crippen molar-refractivity contribution in [3.05, 3.63) is 28.5 Å². The minimum Gasteiger partial charge on any atom is -0.408 e. The van der Waals surface area contributed by atoms with Crippen LogP contribution >= 0.6 is 0 Å². The lowest BCUT2D eigenvalue weighted by Gasteiger charge is -2.32. The molecule has 0 aliphatic carbocycles. The minimum absolute atomic E-state index is 0.00719. The van der Waals surface area contributed by atoms with Crippen LogP contribution in [-0.2, 0) is 10.0 Å². The molecule has 1 aliphatic heterocycles. The number of piperidine rings is 1. The third kappa shape index (κ3) is 2.93. The van der Waals surface area contributed by atoms with Crippen molar-refractivity contribution in [3.8, 4) is 0 Å². The first-order valence-corrected chi connectivity index (χ1v) is 8.42. The van der Waals surface area contributed by atoms with E-state index in [-0.39, 0.29) is 37.0 Å². The molecule has 2 heterocycles. The summed E-state index contributed by atoms with van der Waals surface area (Å²) in [6, 6.07) is 1.66. The number of fused-ring (bicyclic) bond motifs is 1. The Balaban J connectivity index is 1.91. The molecular formula is C13H12F4N2O4S. The summed E-state index contributed by atoms with van der Waals surface area (Å²) in [7, 11) is -4.33. The van der Waals surface area contributed by atoms with Crippen molar-refractivity contribution in [3.63, 3.8) is 0 Å². The molecule has 0 atom stereocenters. The highest BCUT2D eigenvalue weighted by molar-refractivity contribution is 7.89. The Hall–Kier alpha value is -1.88. The van der Waals surface area contributed by atoms with Gasteiger partial charge in [-0.2, -0.15) is 17.5 Å². The number of H-pyrrole nitrogens is 1. The molecule has 6 nitrogen and oxygen atoms in total. The molecule has 1 aromatic carbocycles. The van der Waals surface area contributed by atoms with E-state index in [0.717, 1.165) is 16.4 Å². The molecule has 11 heteroatoms. The Morgan fingerprint density at radius 3 is 2.42 bits per heavy atom. The maximum atomic E-state index is 14.1. The van der Waals surface area contributed by atoms with E-state index in [4.69, 9.17) is 4.42 Å². The molecule has 0 amide bonds. The fourth-order valence-electron chi connectivity index (χ4n) is 2.71. The van der Waals surface area contributed by atoms with Crippen molar-refractivity contribution >= 4 is 21.1 Å². The van der Waals surface area contributed by atoms with Gasteiger partial charge in [-0.15, -0.1) is 0 Å². The Bertz CT molecular complexity index is 924. The molecule has 3 rings (SSSR count). The summed E-state index contributed by atoms with van der Waals surface area (Å²) in [5.74, 6) is -3.55. The van der Waals surface area contributed by atoms with Crippen LogP contribution in [0.1, 0.15) is 12.8 Å². The van der Waals surface area contributed by atoms with E-state index in [1.807, 2.05) is 0 Å². The quantitative estimate of drug-likeness (QED) is 0.824. The lowest BCUT2D eigenvalue weighted by atomic mass is 9.98. The van der Waals surface area contributed by atoms with Gasteiger partial charge in [-0.3, -0.25) is 4.98 Å². The number of halogens is 4. The van der Waals surface area contributed by atoms with Crippen LogP contribution < -0.4 is 5.76 Å². The highest BCUT2D eigenvalue weighted by atomic mass is 32.2. The molecule has 0 radical (unpaired) electrons. The van der Waals surface area contributed by atoms with Crippen LogP contribution in [0.25, 0.3) is 11.1 Å². The van der Waals surface area contributed by atoms with E-state index in [0.29, 0.717) is 0 Å². The van der Waals surface area contributed by atoms with Gasteiger partial charge in [0.05, 0.1) is 11.4 Å². The molecule has 0 spiro atoms. The lowest BCUT2D eigenvalue weighted by Crippen LogP contribution is -2.42. The summed E-state index contributed by atoms with van der Waals surface area (Å²) >= 11 is 0. The zero-order valence-corrected chi connectivity index (χ0v) is 12.9. The van der Waals surface area contributed by atoms with Crippen molar-refractivity contribution in [2.45, 2.75) is 23.9 Å². The average Bonchev–Trinajstić information content (AvgIpc) is 2.84. The second kappa shape index (κ2) is 5.59. The first kappa shape index (κ1) is 17.0. The summed E-state index contributed by atoms with van der Waals surface area (Å²) in [6.45, 7) is -0.720. The van der Waals surface area contributed by atoms with E-state index in [9.17, 15) is 30.8 Å². The number of nitrogens with zero attached hydrogens (tertiary/aromatic N) is 1. The second-order valence-electron chi connectivity index (χ2n) is 5.51. The maximum Gasteiger partial charge on any atom is 0.417 e. The molecule has 0 saturated carbocycles. The number of hydrogen-bond donors (Lipinski definition) is 1. The van der Waals surface area contributed by atoms with Gasteiger partial charge in [0.2, 0.25) is 10.0 Å². The van der Waals surface area contributed by atoms with Crippen LogP contribution in [0.2, 0.25) is 0 Å². The standard InChI is InChI=1S/C13H12F4N2O4S/c14-8-5-9-10(23-12(20)18-9)6-11(8)24(21,22)19-3-1-7(2-4-19)13(15,16)17/h5-7H,1-4H2,(H,18,20). The summed E-state index contributed by atoms with van der Waals surface area (Å²) in [5, 5.41) is 0. The SMILES string of the molecule is O=c1[nH]c2cc(F)c(S(=O)(=O)N3CCC(C(F)(F)F)CC3)cc2o1. The van der Waals surface area contributed by atoms with E-state index in [2.05, 4.69) is 4.98 Å². The van der Waals surface area contributed by atoms with Crippen molar-refractivity contribution < 1.29 is 30.4 Å². The predicted octanol–water partition coefficient (Wildman–Crippen LogP) is 2.22. The fourth-order valence-corrected chi connectivity index (χ4v) is 4.24. The van der Waals surface area contributed by atoms with E-state index >= 15 is 0 Å². The number of hydrogen-bond acceptors (Lipinski definition) is 4. The normalized spacial score (nSPS) is 18.3. The van der Waals surface area contributed by atoms with Crippen LogP contribution in [0.4, 0.5) is 17.6 Å². The summed E-state index contributed by atoms with van der Waals surface area (Å²) in [5.41, 5.74) is -0.155. The summed E-state index contributed by atoms with van der Waals surface area (Å²) in [4.78, 5) is 12.5. The first-order chi connectivity index (χ1) is 11.1. The Kier molecular flexibility index (Phi) is 3.95. The average molecular weight is 368 g/mol. The van der Waals surface area contributed by atoms with Crippen molar-refractivity contribution in [2.75, 3.05) is 13.1 Å². The largest absolute Gasteiger partial charge is 0.417 e. The molecular weight excluding hydrogens is 356 g/mol. The molecule has 1 aliphatic rings. The first-order valence-electron chi connectivity index (χ1n) is 6.98. The van der Waals surface area contributed by atoms with Gasteiger partial charge in [-0.1, -0.05) is 0 Å². The third-order valence-corrected chi connectivity index (χ3v) is 5.92. The molecule has 1 saturated heterocycles. The summed E-state index contributed by atoms with van der Waals surface area (Å²) in [6.07, 6.45) is -5.15. The van der Waals surface area contributed by atoms with E-state index in [1.165, 1.54) is 0 Å². The molecule has 0 bridgehead atoms. The van der Waals surface area contributed by atoms with Gasteiger partial charge in [-0.05, 0) is 12.8 Å².